The van der Waals surface area contributed by atoms with Gasteiger partial charge in [0, 0.05) is 17.5 Å². The second-order valence-electron chi connectivity index (χ2n) is 5.90. The van der Waals surface area contributed by atoms with E-state index in [-0.39, 0.29) is 23.3 Å². The fourth-order valence-electron chi connectivity index (χ4n) is 3.30. The third-order valence-corrected chi connectivity index (χ3v) is 4.62. The van der Waals surface area contributed by atoms with Crippen LogP contribution in [0.4, 0.5) is 4.39 Å². The number of hydrogen-bond donors (Lipinski definition) is 2. The van der Waals surface area contributed by atoms with Gasteiger partial charge in [0.2, 0.25) is 0 Å². The van der Waals surface area contributed by atoms with Crippen LogP contribution in [-0.2, 0) is 10.3 Å². The summed E-state index contributed by atoms with van der Waals surface area (Å²) in [5.41, 5.74) is 0.389. The summed E-state index contributed by atoms with van der Waals surface area (Å²) >= 11 is 5.10. The monoisotopic (exact) mass is 338 g/mol. The first-order valence-corrected chi connectivity index (χ1v) is 7.85. The number of carbonyl (C=O) groups excluding carboxylic acids is 1. The van der Waals surface area contributed by atoms with Crippen LogP contribution in [0, 0.1) is 5.82 Å². The summed E-state index contributed by atoms with van der Waals surface area (Å²) in [5, 5.41) is 5.89. The van der Waals surface area contributed by atoms with Crippen LogP contribution >= 0.6 is 12.2 Å². The van der Waals surface area contributed by atoms with Crippen molar-refractivity contribution in [1.82, 2.24) is 10.6 Å². The van der Waals surface area contributed by atoms with Crippen molar-refractivity contribution in [1.29, 1.82) is 0 Å². The number of benzene rings is 2. The van der Waals surface area contributed by atoms with E-state index in [4.69, 9.17) is 24.8 Å². The molecule has 1 saturated heterocycles. The highest BCUT2D eigenvalue weighted by molar-refractivity contribution is 7.80. The molecular weight excluding hydrogens is 326 g/mol. The third kappa shape index (κ3) is 2.19. The first-order chi connectivity index (χ1) is 11.5. The van der Waals surface area contributed by atoms with Crippen LogP contribution in [0.3, 0.4) is 0 Å². The van der Waals surface area contributed by atoms with Gasteiger partial charge in [-0.3, -0.25) is 4.79 Å². The van der Waals surface area contributed by atoms with Gasteiger partial charge in [-0.1, -0.05) is 35.8 Å². The second kappa shape index (κ2) is 5.31. The van der Waals surface area contributed by atoms with Crippen molar-refractivity contribution >= 4 is 36.5 Å². The van der Waals surface area contributed by atoms with E-state index in [0.29, 0.717) is 22.3 Å². The van der Waals surface area contributed by atoms with E-state index >= 15 is 0 Å². The molecule has 0 saturated carbocycles. The average Bonchev–Trinajstić information content (AvgIpc) is 2.82. The number of nitrogens with one attached hydrogen (secondary N) is 2. The lowest BCUT2D eigenvalue weighted by Crippen LogP contribution is -2.48. The largest absolute Gasteiger partial charge is 0.485 e. The van der Waals surface area contributed by atoms with Gasteiger partial charge in [0.15, 0.2) is 10.7 Å². The molecule has 2 aromatic rings. The zero-order valence-corrected chi connectivity index (χ0v) is 13.3. The molecule has 0 aromatic heterocycles. The van der Waals surface area contributed by atoms with Gasteiger partial charge in [-0.05, 0) is 24.4 Å². The molecule has 1 fully saturated rings. The molecule has 1 amide bonds. The van der Waals surface area contributed by atoms with Gasteiger partial charge in [0.05, 0.1) is 0 Å². The van der Waals surface area contributed by atoms with E-state index in [9.17, 15) is 9.18 Å². The third-order valence-electron chi connectivity index (χ3n) is 4.42. The Morgan fingerprint density at radius 1 is 1.29 bits per heavy atom. The van der Waals surface area contributed by atoms with E-state index in [1.807, 2.05) is 0 Å². The number of hydrogen-bond acceptors (Lipinski definition) is 3. The minimum atomic E-state index is -1.12. The molecule has 2 atom stereocenters. The molecule has 118 valence electrons. The van der Waals surface area contributed by atoms with Crippen molar-refractivity contribution < 1.29 is 13.9 Å². The molecule has 0 aliphatic carbocycles. The Bertz CT molecular complexity index is 875. The maximum atomic E-state index is 14.2. The second-order valence-corrected chi connectivity index (χ2v) is 6.31. The molecule has 2 heterocycles. The van der Waals surface area contributed by atoms with Crippen molar-refractivity contribution in [3.63, 3.8) is 0 Å². The van der Waals surface area contributed by atoms with Gasteiger partial charge in [0.25, 0.3) is 5.91 Å². The summed E-state index contributed by atoms with van der Waals surface area (Å²) < 4.78 is 20.2. The fraction of sp³-hybridized carbons (Fsp3) is 0.176. The lowest BCUT2D eigenvalue weighted by atomic mass is 9.78. The van der Waals surface area contributed by atoms with Crippen LogP contribution in [0.5, 0.6) is 5.75 Å². The topological polar surface area (TPSA) is 50.4 Å². The normalized spacial score (nSPS) is 25.0. The summed E-state index contributed by atoms with van der Waals surface area (Å²) in [4.78, 5) is 12.6. The summed E-state index contributed by atoms with van der Waals surface area (Å²) in [6.07, 6.45) is -0.419. The summed E-state index contributed by atoms with van der Waals surface area (Å²) in [6.45, 7) is 0. The van der Waals surface area contributed by atoms with Gasteiger partial charge in [-0.25, -0.2) is 4.39 Å². The first kappa shape index (κ1) is 15.1. The Morgan fingerprint density at radius 3 is 2.79 bits per heavy atom. The van der Waals surface area contributed by atoms with E-state index < -0.39 is 11.6 Å². The standard InChI is InChI=1S/C17H12BFN2O2S/c18-9-5-6-13-11(7-9)17(15(22)20-16(24)21-17)8-14(23-13)10-3-1-2-4-12(10)19/h1-7,14H,8H2,(H2,20,21,22,24). The zero-order chi connectivity index (χ0) is 16.9. The molecule has 1 spiro atoms. The number of amides is 1. The Morgan fingerprint density at radius 2 is 2.08 bits per heavy atom. The number of ether oxygens (including phenoxy) is 1. The van der Waals surface area contributed by atoms with Gasteiger partial charge >= 0.3 is 0 Å². The predicted octanol–water partition coefficient (Wildman–Crippen LogP) is 1.34. The molecule has 2 radical (unpaired) electrons. The van der Waals surface area contributed by atoms with Gasteiger partial charge in [-0.2, -0.15) is 0 Å². The van der Waals surface area contributed by atoms with Crippen LogP contribution in [0.1, 0.15) is 23.7 Å². The number of halogens is 1. The SMILES string of the molecule is [B]c1ccc2c(c1)C1(CC(c3ccccc3F)O2)NC(=S)NC1=O. The number of rotatable bonds is 1. The van der Waals surface area contributed by atoms with Crippen LogP contribution in [0.25, 0.3) is 0 Å². The van der Waals surface area contributed by atoms with Crippen molar-refractivity contribution in [2.24, 2.45) is 0 Å². The quantitative estimate of drug-likeness (QED) is 0.609. The van der Waals surface area contributed by atoms with Crippen molar-refractivity contribution in [2.75, 3.05) is 0 Å². The molecule has 4 rings (SSSR count). The lowest BCUT2D eigenvalue weighted by molar-refractivity contribution is -0.126. The van der Waals surface area contributed by atoms with E-state index in [2.05, 4.69) is 10.6 Å². The van der Waals surface area contributed by atoms with E-state index in [1.54, 1.807) is 36.4 Å². The van der Waals surface area contributed by atoms with Crippen molar-refractivity contribution in [3.8, 4) is 5.75 Å². The maximum absolute atomic E-state index is 14.2. The highest BCUT2D eigenvalue weighted by Gasteiger charge is 2.52. The first-order valence-electron chi connectivity index (χ1n) is 7.44. The van der Waals surface area contributed by atoms with Crippen LogP contribution < -0.4 is 20.8 Å². The van der Waals surface area contributed by atoms with E-state index in [0.717, 1.165) is 0 Å². The number of carbonyl (C=O) groups is 1. The maximum Gasteiger partial charge on any atom is 0.256 e. The van der Waals surface area contributed by atoms with Crippen LogP contribution in [0.2, 0.25) is 0 Å². The molecule has 2 N–H and O–H groups in total. The Hall–Kier alpha value is -2.41. The summed E-state index contributed by atoms with van der Waals surface area (Å²) in [7, 11) is 5.87. The van der Waals surface area contributed by atoms with E-state index in [1.165, 1.54) is 6.07 Å². The highest BCUT2D eigenvalue weighted by atomic mass is 32.1. The molecule has 24 heavy (non-hydrogen) atoms. The molecule has 2 aromatic carbocycles. The van der Waals surface area contributed by atoms with Crippen LogP contribution in [-0.4, -0.2) is 18.9 Å². The van der Waals surface area contributed by atoms with Crippen molar-refractivity contribution in [2.45, 2.75) is 18.1 Å². The smallest absolute Gasteiger partial charge is 0.256 e. The lowest BCUT2D eigenvalue weighted by Gasteiger charge is -2.38. The molecule has 7 heteroatoms. The number of thiocarbonyl (C=S) groups is 1. The molecule has 2 unspecified atom stereocenters. The molecule has 4 nitrogen and oxygen atoms in total. The van der Waals surface area contributed by atoms with Gasteiger partial charge in [0.1, 0.15) is 25.5 Å². The average molecular weight is 338 g/mol. The zero-order valence-electron chi connectivity index (χ0n) is 12.5. The molecule has 2 aliphatic heterocycles. The van der Waals surface area contributed by atoms with Gasteiger partial charge in [-0.15, -0.1) is 0 Å². The Balaban J connectivity index is 1.87. The summed E-state index contributed by atoms with van der Waals surface area (Å²) in [5.74, 6) is -0.183. The highest BCUT2D eigenvalue weighted by Crippen LogP contribution is 2.45. The Labute approximate surface area is 144 Å². The summed E-state index contributed by atoms with van der Waals surface area (Å²) in [6, 6.07) is 11.4. The van der Waals surface area contributed by atoms with Crippen molar-refractivity contribution in [3.05, 3.63) is 59.4 Å². The predicted molar refractivity (Wildman–Crippen MR) is 91.8 cm³/mol. The fourth-order valence-corrected chi connectivity index (χ4v) is 3.57. The molecular formula is C17H12BFN2O2S. The minimum Gasteiger partial charge on any atom is -0.485 e. The number of fused-ring (bicyclic) bond motifs is 2. The van der Waals surface area contributed by atoms with Gasteiger partial charge < -0.3 is 15.4 Å². The molecule has 2 aliphatic rings. The van der Waals surface area contributed by atoms with Crippen LogP contribution in [0.15, 0.2) is 42.5 Å². The minimum absolute atomic E-state index is 0.205. The molecule has 0 bridgehead atoms. The Kier molecular flexibility index (Phi) is 3.35.